The molecule has 1 heterocycles. The number of aryl methyl sites for hydroxylation is 1. The summed E-state index contributed by atoms with van der Waals surface area (Å²) < 4.78 is 33.1. The van der Waals surface area contributed by atoms with Crippen LogP contribution in [0.5, 0.6) is 0 Å². The van der Waals surface area contributed by atoms with E-state index in [-0.39, 0.29) is 5.75 Å². The molecule has 2 aromatic carbocycles. The Hall–Kier alpha value is -2.77. The molecule has 1 N–H and O–H groups in total. The van der Waals surface area contributed by atoms with Gasteiger partial charge in [0.05, 0.1) is 11.4 Å². The molecular weight excluding hydrogens is 362 g/mol. The van der Waals surface area contributed by atoms with Crippen molar-refractivity contribution < 1.29 is 17.5 Å². The molecule has 0 fully saturated rings. The predicted octanol–water partition coefficient (Wildman–Crippen LogP) is 2.88. The summed E-state index contributed by atoms with van der Waals surface area (Å²) in [6.07, 6.45) is 2.07. The van der Waals surface area contributed by atoms with Gasteiger partial charge in [0.15, 0.2) is 6.54 Å². The highest BCUT2D eigenvalue weighted by Gasteiger charge is 2.16. The predicted molar refractivity (Wildman–Crippen MR) is 108 cm³/mol. The van der Waals surface area contributed by atoms with E-state index in [4.69, 9.17) is 4.55 Å². The molecular formula is C20H22N3O3S+. The standard InChI is InChI=1S/C20H21N3O3S/c1-22(18-9-3-2-4-10-18)21-16-19-13-12-17-8-5-6-11-20(17)23(19)14-7-15-27(24,25)26/h2-6,8-13,16H,7,14-15H2,1H3/p+1. The van der Waals surface area contributed by atoms with Crippen LogP contribution >= 0.6 is 0 Å². The van der Waals surface area contributed by atoms with E-state index < -0.39 is 10.1 Å². The molecule has 0 aliphatic rings. The van der Waals surface area contributed by atoms with Crippen LogP contribution in [0.25, 0.3) is 10.9 Å². The number of fused-ring (bicyclic) bond motifs is 1. The van der Waals surface area contributed by atoms with Gasteiger partial charge in [-0.05, 0) is 24.3 Å². The number of benzene rings is 2. The van der Waals surface area contributed by atoms with Crippen molar-refractivity contribution in [3.63, 3.8) is 0 Å². The van der Waals surface area contributed by atoms with Crippen molar-refractivity contribution in [2.75, 3.05) is 17.8 Å². The summed E-state index contributed by atoms with van der Waals surface area (Å²) in [6.45, 7) is 0.456. The molecule has 0 unspecified atom stereocenters. The van der Waals surface area contributed by atoms with Crippen molar-refractivity contribution in [3.8, 4) is 0 Å². The lowest BCUT2D eigenvalue weighted by Gasteiger charge is -2.12. The maximum absolute atomic E-state index is 11.1. The highest BCUT2D eigenvalue weighted by Crippen LogP contribution is 2.13. The van der Waals surface area contributed by atoms with E-state index in [0.717, 1.165) is 22.3 Å². The van der Waals surface area contributed by atoms with E-state index in [1.165, 1.54) is 0 Å². The van der Waals surface area contributed by atoms with E-state index in [1.54, 1.807) is 11.2 Å². The van der Waals surface area contributed by atoms with Crippen molar-refractivity contribution in [2.24, 2.45) is 5.10 Å². The average molecular weight is 384 g/mol. The van der Waals surface area contributed by atoms with Crippen molar-refractivity contribution in [2.45, 2.75) is 13.0 Å². The molecule has 0 aliphatic carbocycles. The summed E-state index contributed by atoms with van der Waals surface area (Å²) in [7, 11) is -2.11. The van der Waals surface area contributed by atoms with Gasteiger partial charge in [0.2, 0.25) is 11.2 Å². The fourth-order valence-electron chi connectivity index (χ4n) is 2.90. The minimum Gasteiger partial charge on any atom is -0.286 e. The van der Waals surface area contributed by atoms with E-state index >= 15 is 0 Å². The van der Waals surface area contributed by atoms with Gasteiger partial charge in [-0.3, -0.25) is 9.56 Å². The second kappa shape index (κ2) is 8.28. The summed E-state index contributed by atoms with van der Waals surface area (Å²) in [4.78, 5) is 0. The van der Waals surface area contributed by atoms with Crippen molar-refractivity contribution in [1.82, 2.24) is 0 Å². The number of pyridine rings is 1. The zero-order valence-electron chi connectivity index (χ0n) is 15.1. The van der Waals surface area contributed by atoms with Gasteiger partial charge in [0, 0.05) is 31.0 Å². The largest absolute Gasteiger partial charge is 0.286 e. The fraction of sp³-hybridized carbons (Fsp3) is 0.200. The fourth-order valence-corrected chi connectivity index (χ4v) is 3.40. The lowest BCUT2D eigenvalue weighted by Crippen LogP contribution is -2.40. The van der Waals surface area contributed by atoms with Crippen molar-refractivity contribution >= 4 is 32.9 Å². The molecule has 140 valence electrons. The summed E-state index contributed by atoms with van der Waals surface area (Å²) in [5.74, 6) is -0.274. The Balaban J connectivity index is 1.91. The van der Waals surface area contributed by atoms with Crippen LogP contribution in [0.4, 0.5) is 5.69 Å². The molecule has 0 aliphatic heterocycles. The lowest BCUT2D eigenvalue weighted by atomic mass is 10.2. The Morgan fingerprint density at radius 2 is 1.74 bits per heavy atom. The monoisotopic (exact) mass is 384 g/mol. The molecule has 0 atom stereocenters. The Bertz CT molecular complexity index is 1050. The highest BCUT2D eigenvalue weighted by atomic mass is 32.2. The Morgan fingerprint density at radius 1 is 1.04 bits per heavy atom. The number of hydrogen-bond donors (Lipinski definition) is 1. The molecule has 3 aromatic rings. The van der Waals surface area contributed by atoms with Crippen molar-refractivity contribution in [3.05, 3.63) is 72.4 Å². The van der Waals surface area contributed by atoms with E-state index in [0.29, 0.717) is 13.0 Å². The summed E-state index contributed by atoms with van der Waals surface area (Å²) in [5.41, 5.74) is 2.80. The third-order valence-corrected chi connectivity index (χ3v) is 5.05. The normalized spacial score (nSPS) is 11.9. The van der Waals surface area contributed by atoms with Crippen LogP contribution in [-0.2, 0) is 16.7 Å². The number of nitrogens with zero attached hydrogens (tertiary/aromatic N) is 3. The molecule has 6 nitrogen and oxygen atoms in total. The summed E-state index contributed by atoms with van der Waals surface area (Å²) in [5, 5.41) is 7.34. The first-order chi connectivity index (χ1) is 12.9. The minimum atomic E-state index is -3.98. The molecule has 1 aromatic heterocycles. The quantitative estimate of drug-likeness (QED) is 0.294. The second-order valence-electron chi connectivity index (χ2n) is 6.21. The Morgan fingerprint density at radius 3 is 2.48 bits per heavy atom. The number of anilines is 1. The first kappa shape index (κ1) is 19.0. The number of rotatable bonds is 7. The van der Waals surface area contributed by atoms with E-state index in [1.807, 2.05) is 78.3 Å². The van der Waals surface area contributed by atoms with Gasteiger partial charge >= 0.3 is 0 Å². The average Bonchev–Trinajstić information content (AvgIpc) is 2.66. The van der Waals surface area contributed by atoms with Gasteiger partial charge in [-0.25, -0.2) is 0 Å². The Labute approximate surface area is 159 Å². The highest BCUT2D eigenvalue weighted by molar-refractivity contribution is 7.85. The molecule has 0 bridgehead atoms. The third kappa shape index (κ3) is 5.12. The Kier molecular flexibility index (Phi) is 5.83. The van der Waals surface area contributed by atoms with Gasteiger partial charge < -0.3 is 0 Å². The number of aromatic nitrogens is 1. The second-order valence-corrected chi connectivity index (χ2v) is 7.78. The van der Waals surface area contributed by atoms with Crippen LogP contribution < -0.4 is 9.58 Å². The maximum atomic E-state index is 11.1. The molecule has 0 saturated heterocycles. The van der Waals surface area contributed by atoms with Crippen LogP contribution in [0.3, 0.4) is 0 Å². The number of para-hydroxylation sites is 2. The van der Waals surface area contributed by atoms with Crippen molar-refractivity contribution in [1.29, 1.82) is 0 Å². The first-order valence-electron chi connectivity index (χ1n) is 8.63. The molecule has 0 saturated carbocycles. The topological polar surface area (TPSA) is 73.8 Å². The lowest BCUT2D eigenvalue weighted by molar-refractivity contribution is -0.672. The van der Waals surface area contributed by atoms with Gasteiger partial charge in [0.25, 0.3) is 10.1 Å². The van der Waals surface area contributed by atoms with Gasteiger partial charge in [-0.2, -0.15) is 18.1 Å². The smallest absolute Gasteiger partial charge is 0.265 e. The maximum Gasteiger partial charge on any atom is 0.265 e. The number of hydrogen-bond acceptors (Lipinski definition) is 4. The number of hydrazone groups is 1. The van der Waals surface area contributed by atoms with E-state index in [9.17, 15) is 8.42 Å². The van der Waals surface area contributed by atoms with Gasteiger partial charge in [0.1, 0.15) is 6.21 Å². The van der Waals surface area contributed by atoms with Crippen LogP contribution in [0.15, 0.2) is 71.8 Å². The molecule has 0 radical (unpaired) electrons. The molecule has 0 amide bonds. The van der Waals surface area contributed by atoms with Gasteiger partial charge in [-0.1, -0.05) is 30.3 Å². The SMILES string of the molecule is CN(N=Cc1ccc2ccccc2[n+]1CCCS(=O)(=O)O)c1ccccc1. The molecule has 27 heavy (non-hydrogen) atoms. The summed E-state index contributed by atoms with van der Waals surface area (Å²) >= 11 is 0. The first-order valence-corrected chi connectivity index (χ1v) is 10.2. The van der Waals surface area contributed by atoms with Crippen LogP contribution in [0, 0.1) is 0 Å². The zero-order chi connectivity index (χ0) is 19.3. The minimum absolute atomic E-state index is 0.274. The van der Waals surface area contributed by atoms with Crippen LogP contribution in [0.2, 0.25) is 0 Å². The zero-order valence-corrected chi connectivity index (χ0v) is 15.9. The third-order valence-electron chi connectivity index (χ3n) is 4.25. The van der Waals surface area contributed by atoms with E-state index in [2.05, 4.69) is 5.10 Å². The molecule has 7 heteroatoms. The van der Waals surface area contributed by atoms with Crippen LogP contribution in [0.1, 0.15) is 12.1 Å². The summed E-state index contributed by atoms with van der Waals surface area (Å²) in [6, 6.07) is 21.7. The molecule has 3 rings (SSSR count). The van der Waals surface area contributed by atoms with Gasteiger partial charge in [-0.15, -0.1) is 0 Å². The van der Waals surface area contributed by atoms with Crippen LogP contribution in [-0.4, -0.2) is 32.0 Å². The molecule has 0 spiro atoms.